The number of aromatic hydroxyl groups is 1. The van der Waals surface area contributed by atoms with Crippen molar-refractivity contribution in [1.82, 2.24) is 0 Å². The second-order valence-electron chi connectivity index (χ2n) is 2.33. The van der Waals surface area contributed by atoms with Crippen LogP contribution in [0.2, 0.25) is 5.02 Å². The van der Waals surface area contributed by atoms with E-state index in [9.17, 15) is 5.11 Å². The lowest BCUT2D eigenvalue weighted by molar-refractivity contribution is 0.488. The molecule has 0 radical (unpaired) electrons. The van der Waals surface area contributed by atoms with Gasteiger partial charge in [0, 0.05) is 10.1 Å². The van der Waals surface area contributed by atoms with E-state index in [4.69, 9.17) is 11.6 Å². The summed E-state index contributed by atoms with van der Waals surface area (Å²) in [5.41, 5.74) is 0. The van der Waals surface area contributed by atoms with Crippen molar-refractivity contribution in [1.29, 1.82) is 0 Å². The number of thiophene rings is 1. The van der Waals surface area contributed by atoms with Gasteiger partial charge < -0.3 is 5.11 Å². The topological polar surface area (TPSA) is 20.2 Å². The summed E-state index contributed by atoms with van der Waals surface area (Å²) in [6.07, 6.45) is 0. The van der Waals surface area contributed by atoms with Gasteiger partial charge in [-0.25, -0.2) is 0 Å². The van der Waals surface area contributed by atoms with Crippen LogP contribution in [-0.4, -0.2) is 5.11 Å². The number of rotatable bonds is 0. The third-order valence-corrected chi connectivity index (χ3v) is 3.90. The van der Waals surface area contributed by atoms with Gasteiger partial charge in [0.05, 0.1) is 9.50 Å². The lowest BCUT2D eigenvalue weighted by Gasteiger charge is -1.92. The van der Waals surface area contributed by atoms with Crippen LogP contribution < -0.4 is 0 Å². The van der Waals surface area contributed by atoms with E-state index < -0.39 is 0 Å². The molecule has 1 heterocycles. The highest BCUT2D eigenvalue weighted by Crippen LogP contribution is 2.43. The standard InChI is InChI=1S/C8H4BrClOS/c9-7-6-4(10)2-1-3-5(6)12-8(7)11/h1-3,11H. The summed E-state index contributed by atoms with van der Waals surface area (Å²) in [4.78, 5) is 0. The molecule has 1 nitrogen and oxygen atoms in total. The molecule has 2 rings (SSSR count). The van der Waals surface area contributed by atoms with Gasteiger partial charge in [0.25, 0.3) is 0 Å². The molecule has 0 saturated heterocycles. The molecule has 1 aromatic carbocycles. The van der Waals surface area contributed by atoms with Crippen LogP contribution in [-0.2, 0) is 0 Å². The molecule has 0 bridgehead atoms. The van der Waals surface area contributed by atoms with E-state index >= 15 is 0 Å². The van der Waals surface area contributed by atoms with Crippen LogP contribution in [0.15, 0.2) is 22.7 Å². The van der Waals surface area contributed by atoms with Crippen molar-refractivity contribution >= 4 is 49.0 Å². The minimum absolute atomic E-state index is 0.276. The molecule has 0 saturated carbocycles. The van der Waals surface area contributed by atoms with E-state index in [0.717, 1.165) is 10.1 Å². The average molecular weight is 264 g/mol. The van der Waals surface area contributed by atoms with Crippen molar-refractivity contribution in [2.45, 2.75) is 0 Å². The molecule has 0 spiro atoms. The van der Waals surface area contributed by atoms with Gasteiger partial charge in [-0.05, 0) is 28.1 Å². The lowest BCUT2D eigenvalue weighted by Crippen LogP contribution is -1.65. The van der Waals surface area contributed by atoms with Gasteiger partial charge in [-0.3, -0.25) is 0 Å². The molecular formula is C8H4BrClOS. The van der Waals surface area contributed by atoms with E-state index in [1.165, 1.54) is 11.3 Å². The fourth-order valence-corrected chi connectivity index (χ4v) is 3.16. The Morgan fingerprint density at radius 1 is 1.42 bits per heavy atom. The zero-order valence-corrected chi connectivity index (χ0v) is 9.00. The van der Waals surface area contributed by atoms with Crippen molar-refractivity contribution in [2.24, 2.45) is 0 Å². The molecular weight excluding hydrogens is 260 g/mol. The summed E-state index contributed by atoms with van der Waals surface area (Å²) in [6.45, 7) is 0. The van der Waals surface area contributed by atoms with E-state index in [0.29, 0.717) is 9.50 Å². The Labute approximate surface area is 86.7 Å². The first-order valence-electron chi connectivity index (χ1n) is 3.25. The predicted molar refractivity (Wildman–Crippen MR) is 56.2 cm³/mol. The normalized spacial score (nSPS) is 10.8. The molecule has 1 N–H and O–H groups in total. The summed E-state index contributed by atoms with van der Waals surface area (Å²) >= 11 is 10.5. The van der Waals surface area contributed by atoms with Crippen LogP contribution in [0.3, 0.4) is 0 Å². The Morgan fingerprint density at radius 2 is 2.17 bits per heavy atom. The van der Waals surface area contributed by atoms with E-state index in [1.54, 1.807) is 6.07 Å². The van der Waals surface area contributed by atoms with E-state index in [-0.39, 0.29) is 5.06 Å². The minimum Gasteiger partial charge on any atom is -0.499 e. The molecule has 0 aliphatic heterocycles. The van der Waals surface area contributed by atoms with Crippen molar-refractivity contribution in [2.75, 3.05) is 0 Å². The lowest BCUT2D eigenvalue weighted by atomic mass is 10.3. The third kappa shape index (κ3) is 1.13. The Hall–Kier alpha value is -0.250. The number of halogens is 2. The number of hydrogen-bond acceptors (Lipinski definition) is 2. The average Bonchev–Trinajstić information content (AvgIpc) is 2.29. The van der Waals surface area contributed by atoms with Gasteiger partial charge >= 0.3 is 0 Å². The number of hydrogen-bond donors (Lipinski definition) is 1. The van der Waals surface area contributed by atoms with Crippen LogP contribution in [0.25, 0.3) is 10.1 Å². The summed E-state index contributed by atoms with van der Waals surface area (Å²) in [5, 5.41) is 11.2. The van der Waals surface area contributed by atoms with Crippen LogP contribution >= 0.6 is 38.9 Å². The number of fused-ring (bicyclic) bond motifs is 1. The van der Waals surface area contributed by atoms with Gasteiger partial charge in [-0.1, -0.05) is 29.0 Å². The molecule has 0 fully saturated rings. The van der Waals surface area contributed by atoms with Gasteiger partial charge in [0.15, 0.2) is 5.06 Å². The highest BCUT2D eigenvalue weighted by atomic mass is 79.9. The maximum atomic E-state index is 9.38. The Balaban J connectivity index is 2.97. The molecule has 0 aliphatic carbocycles. The van der Waals surface area contributed by atoms with Crippen molar-refractivity contribution < 1.29 is 5.11 Å². The maximum Gasteiger partial charge on any atom is 0.186 e. The molecule has 0 aliphatic rings. The van der Waals surface area contributed by atoms with Gasteiger partial charge in [0.1, 0.15) is 0 Å². The van der Waals surface area contributed by atoms with Crippen molar-refractivity contribution in [3.63, 3.8) is 0 Å². The first kappa shape index (κ1) is 8.35. The second-order valence-corrected chi connectivity index (χ2v) is 4.57. The molecule has 0 amide bonds. The first-order chi connectivity index (χ1) is 5.70. The first-order valence-corrected chi connectivity index (χ1v) is 5.24. The van der Waals surface area contributed by atoms with Gasteiger partial charge in [0.2, 0.25) is 0 Å². The molecule has 12 heavy (non-hydrogen) atoms. The summed E-state index contributed by atoms with van der Waals surface area (Å²) < 4.78 is 1.68. The zero-order valence-electron chi connectivity index (χ0n) is 5.84. The molecule has 2 aromatic rings. The molecule has 1 aromatic heterocycles. The van der Waals surface area contributed by atoms with Crippen LogP contribution in [0.4, 0.5) is 0 Å². The predicted octanol–water partition coefficient (Wildman–Crippen LogP) is 4.02. The monoisotopic (exact) mass is 262 g/mol. The van der Waals surface area contributed by atoms with Crippen LogP contribution in [0, 0.1) is 0 Å². The Bertz CT molecular complexity index is 438. The second kappa shape index (κ2) is 2.91. The number of benzene rings is 1. The zero-order chi connectivity index (χ0) is 8.72. The summed E-state index contributed by atoms with van der Waals surface area (Å²) in [5.74, 6) is 0. The van der Waals surface area contributed by atoms with Crippen molar-refractivity contribution in [3.05, 3.63) is 27.7 Å². The summed E-state index contributed by atoms with van der Waals surface area (Å²) in [7, 11) is 0. The molecule has 62 valence electrons. The van der Waals surface area contributed by atoms with Crippen molar-refractivity contribution in [3.8, 4) is 5.06 Å². The SMILES string of the molecule is Oc1sc2cccc(Cl)c2c1Br. The maximum absolute atomic E-state index is 9.38. The Kier molecular flexibility index (Phi) is 2.02. The molecule has 4 heteroatoms. The summed E-state index contributed by atoms with van der Waals surface area (Å²) in [6, 6.07) is 5.60. The largest absolute Gasteiger partial charge is 0.499 e. The smallest absolute Gasteiger partial charge is 0.186 e. The van der Waals surface area contributed by atoms with Gasteiger partial charge in [-0.15, -0.1) is 0 Å². The highest BCUT2D eigenvalue weighted by molar-refractivity contribution is 9.10. The fourth-order valence-electron chi connectivity index (χ4n) is 1.06. The van der Waals surface area contributed by atoms with Gasteiger partial charge in [-0.2, -0.15) is 0 Å². The third-order valence-electron chi connectivity index (χ3n) is 1.59. The Morgan fingerprint density at radius 3 is 2.83 bits per heavy atom. The van der Waals surface area contributed by atoms with Crippen LogP contribution in [0.5, 0.6) is 5.06 Å². The molecule has 0 atom stereocenters. The van der Waals surface area contributed by atoms with E-state index in [1.807, 2.05) is 12.1 Å². The fraction of sp³-hybridized carbons (Fsp3) is 0. The highest BCUT2D eigenvalue weighted by Gasteiger charge is 2.10. The minimum atomic E-state index is 0.276. The quantitative estimate of drug-likeness (QED) is 0.761. The van der Waals surface area contributed by atoms with Crippen LogP contribution in [0.1, 0.15) is 0 Å². The van der Waals surface area contributed by atoms with E-state index in [2.05, 4.69) is 15.9 Å². The molecule has 0 unspecified atom stereocenters.